The van der Waals surface area contributed by atoms with Gasteiger partial charge < -0.3 is 14.5 Å². The number of hydrogen-bond acceptors (Lipinski definition) is 8. The number of epoxide rings is 1. The van der Waals surface area contributed by atoms with Crippen LogP contribution in [0.4, 0.5) is 0 Å². The highest BCUT2D eigenvalue weighted by Gasteiger charge is 2.56. The van der Waals surface area contributed by atoms with Crippen LogP contribution in [0.2, 0.25) is 0 Å². The van der Waals surface area contributed by atoms with E-state index in [0.29, 0.717) is 35.1 Å². The van der Waals surface area contributed by atoms with Crippen LogP contribution in [0.5, 0.6) is 0 Å². The number of sulfone groups is 1. The maximum atomic E-state index is 13.4. The molecule has 2 aliphatic heterocycles. The minimum Gasteiger partial charge on any atom is -0.460 e. The van der Waals surface area contributed by atoms with Gasteiger partial charge in [0.1, 0.15) is 29.1 Å². The lowest BCUT2D eigenvalue weighted by Crippen LogP contribution is -2.38. The molecule has 1 aromatic carbocycles. The number of ether oxygens (including phenoxy) is 1. The number of hydrogen-bond donors (Lipinski definition) is 1. The van der Waals surface area contributed by atoms with Crippen molar-refractivity contribution in [2.75, 3.05) is 12.3 Å². The standard InChI is InChI=1S/C23H17NO7S/c1-23-3-2-14(25)12-8-30-20(15(12)23)18(27)11-6-9-10(7-13(11)23)19-21(31-19)22-16(17(9)26)24-4-5-32(22,28)29/h6-8,19,21,24H,2-5H2,1H3. The second-order valence-corrected chi connectivity index (χ2v) is 11.3. The molecule has 3 aliphatic carbocycles. The van der Waals surface area contributed by atoms with Crippen molar-refractivity contribution in [2.45, 2.75) is 37.4 Å². The Bertz CT molecular complexity index is 1480. The summed E-state index contributed by atoms with van der Waals surface area (Å²) in [6.07, 6.45) is 0.935. The van der Waals surface area contributed by atoms with Crippen LogP contribution in [0.25, 0.3) is 0 Å². The first kappa shape index (κ1) is 18.5. The molecule has 3 atom stereocenters. The number of carbonyl (C=O) groups is 3. The molecule has 0 bridgehead atoms. The first-order valence-corrected chi connectivity index (χ1v) is 12.2. The van der Waals surface area contributed by atoms with Crippen molar-refractivity contribution in [3.8, 4) is 0 Å². The Labute approximate surface area is 182 Å². The predicted octanol–water partition coefficient (Wildman–Crippen LogP) is 1.97. The highest BCUT2D eigenvalue weighted by molar-refractivity contribution is 7.95. The molecule has 7 rings (SSSR count). The SMILES string of the molecule is CC12CCC(=O)c3coc(c31)C(=O)c1cc3c(cc12)C1OC1C1=C(NCCS1(=O)=O)C3=O. The molecule has 8 nitrogen and oxygen atoms in total. The van der Waals surface area contributed by atoms with Crippen LogP contribution in [0.15, 0.2) is 33.4 Å². The molecular formula is C23H17NO7S. The van der Waals surface area contributed by atoms with E-state index in [1.54, 1.807) is 6.07 Å². The van der Waals surface area contributed by atoms with E-state index in [1.807, 2.05) is 13.0 Å². The Hall–Kier alpha value is -3.04. The summed E-state index contributed by atoms with van der Waals surface area (Å²) in [4.78, 5) is 39.2. The van der Waals surface area contributed by atoms with Gasteiger partial charge in [0.15, 0.2) is 21.4 Å². The zero-order valence-corrected chi connectivity index (χ0v) is 17.8. The van der Waals surface area contributed by atoms with E-state index >= 15 is 0 Å². The van der Waals surface area contributed by atoms with Crippen molar-refractivity contribution in [1.29, 1.82) is 0 Å². The van der Waals surface area contributed by atoms with Gasteiger partial charge in [-0.25, -0.2) is 8.42 Å². The summed E-state index contributed by atoms with van der Waals surface area (Å²) in [5, 5.41) is 2.95. The van der Waals surface area contributed by atoms with Gasteiger partial charge >= 0.3 is 0 Å². The summed E-state index contributed by atoms with van der Waals surface area (Å²) in [5.41, 5.74) is 2.40. The van der Waals surface area contributed by atoms with E-state index < -0.39 is 33.2 Å². The summed E-state index contributed by atoms with van der Waals surface area (Å²) in [5.74, 6) is -0.818. The van der Waals surface area contributed by atoms with Gasteiger partial charge in [-0.1, -0.05) is 13.0 Å². The first-order chi connectivity index (χ1) is 15.2. The van der Waals surface area contributed by atoms with Gasteiger partial charge in [-0.2, -0.15) is 0 Å². The van der Waals surface area contributed by atoms with Crippen LogP contribution >= 0.6 is 0 Å². The van der Waals surface area contributed by atoms with E-state index in [0.717, 1.165) is 5.56 Å². The third-order valence-electron chi connectivity index (χ3n) is 7.51. The Morgan fingerprint density at radius 1 is 1.06 bits per heavy atom. The van der Waals surface area contributed by atoms with Gasteiger partial charge in [0.2, 0.25) is 11.6 Å². The summed E-state index contributed by atoms with van der Waals surface area (Å²) >= 11 is 0. The zero-order valence-electron chi connectivity index (χ0n) is 17.0. The molecular weight excluding hydrogens is 434 g/mol. The number of rotatable bonds is 0. The number of carbonyl (C=O) groups excluding carboxylic acids is 3. The second kappa shape index (κ2) is 5.47. The summed E-state index contributed by atoms with van der Waals surface area (Å²) in [6, 6.07) is 3.37. The number of nitrogens with one attached hydrogen (secondary N) is 1. The minimum absolute atomic E-state index is 0.0166. The van der Waals surface area contributed by atoms with Crippen LogP contribution in [0, 0.1) is 0 Å². The minimum atomic E-state index is -3.61. The largest absolute Gasteiger partial charge is 0.460 e. The van der Waals surface area contributed by atoms with Gasteiger partial charge in [0.05, 0.1) is 11.3 Å². The van der Waals surface area contributed by atoms with Gasteiger partial charge in [0, 0.05) is 35.1 Å². The third-order valence-corrected chi connectivity index (χ3v) is 9.36. The molecule has 0 saturated carbocycles. The Kier molecular flexibility index (Phi) is 3.17. The maximum Gasteiger partial charge on any atom is 0.228 e. The molecule has 1 aromatic heterocycles. The fraction of sp³-hybridized carbons (Fsp3) is 0.348. The number of furan rings is 1. The Morgan fingerprint density at radius 3 is 2.69 bits per heavy atom. The average molecular weight is 451 g/mol. The second-order valence-electron chi connectivity index (χ2n) is 9.21. The molecule has 3 unspecified atom stereocenters. The normalized spacial score (nSPS) is 31.0. The zero-order chi connectivity index (χ0) is 22.2. The molecule has 1 N–H and O–H groups in total. The quantitative estimate of drug-likeness (QED) is 0.603. The van der Waals surface area contributed by atoms with Crippen LogP contribution < -0.4 is 5.32 Å². The van der Waals surface area contributed by atoms with Crippen LogP contribution in [-0.2, 0) is 20.0 Å². The molecule has 0 amide bonds. The molecule has 9 heteroatoms. The molecule has 0 radical (unpaired) electrons. The molecule has 32 heavy (non-hydrogen) atoms. The fourth-order valence-corrected chi connectivity index (χ4v) is 7.44. The van der Waals surface area contributed by atoms with Crippen LogP contribution in [0.3, 0.4) is 0 Å². The predicted molar refractivity (Wildman–Crippen MR) is 109 cm³/mol. The lowest BCUT2D eigenvalue weighted by atomic mass is 9.62. The smallest absolute Gasteiger partial charge is 0.228 e. The fourth-order valence-electron chi connectivity index (χ4n) is 5.84. The Morgan fingerprint density at radius 2 is 1.88 bits per heavy atom. The van der Waals surface area contributed by atoms with Gasteiger partial charge in [-0.15, -0.1) is 0 Å². The lowest BCUT2D eigenvalue weighted by molar-refractivity contribution is 0.0957. The average Bonchev–Trinajstić information content (AvgIpc) is 3.41. The molecule has 1 fully saturated rings. The van der Waals surface area contributed by atoms with Crippen molar-refractivity contribution >= 4 is 27.2 Å². The molecule has 1 saturated heterocycles. The Balaban J connectivity index is 1.49. The molecule has 0 spiro atoms. The van der Waals surface area contributed by atoms with E-state index in [9.17, 15) is 22.8 Å². The highest BCUT2D eigenvalue weighted by atomic mass is 32.2. The van der Waals surface area contributed by atoms with E-state index in [1.165, 1.54) is 6.26 Å². The maximum absolute atomic E-state index is 13.4. The molecule has 162 valence electrons. The van der Waals surface area contributed by atoms with Gasteiger partial charge in [0.25, 0.3) is 0 Å². The van der Waals surface area contributed by atoms with Crippen LogP contribution in [0.1, 0.15) is 79.4 Å². The lowest BCUT2D eigenvalue weighted by Gasteiger charge is -2.38. The van der Waals surface area contributed by atoms with Crippen molar-refractivity contribution in [1.82, 2.24) is 5.32 Å². The molecule has 2 aromatic rings. The molecule has 3 heterocycles. The summed E-state index contributed by atoms with van der Waals surface area (Å²) in [7, 11) is -3.61. The van der Waals surface area contributed by atoms with E-state index in [4.69, 9.17) is 9.15 Å². The number of Topliss-reactive ketones (excluding diaryl/α,β-unsaturated/α-hetero) is 2. The van der Waals surface area contributed by atoms with E-state index in [2.05, 4.69) is 5.32 Å². The van der Waals surface area contributed by atoms with Crippen molar-refractivity contribution in [3.63, 3.8) is 0 Å². The van der Waals surface area contributed by atoms with Crippen molar-refractivity contribution < 1.29 is 32.0 Å². The van der Waals surface area contributed by atoms with Crippen LogP contribution in [-0.4, -0.2) is 44.2 Å². The number of ketones is 3. The summed E-state index contributed by atoms with van der Waals surface area (Å²) < 4.78 is 36.8. The molecule has 5 aliphatic rings. The van der Waals surface area contributed by atoms with E-state index in [-0.39, 0.29) is 45.8 Å². The van der Waals surface area contributed by atoms with Gasteiger partial charge in [-0.05, 0) is 23.6 Å². The van der Waals surface area contributed by atoms with Crippen molar-refractivity contribution in [2.24, 2.45) is 0 Å². The number of fused-ring (bicyclic) bond motifs is 6. The van der Waals surface area contributed by atoms with Gasteiger partial charge in [-0.3, -0.25) is 14.4 Å². The number of allylic oxidation sites excluding steroid dienone is 1. The summed E-state index contributed by atoms with van der Waals surface area (Å²) in [6.45, 7) is 2.13. The highest BCUT2D eigenvalue weighted by Crippen LogP contribution is 2.54. The third kappa shape index (κ3) is 2.01. The topological polar surface area (TPSA) is 123 Å². The van der Waals surface area contributed by atoms with Crippen molar-refractivity contribution in [3.05, 3.63) is 68.1 Å². The number of benzene rings is 1. The monoisotopic (exact) mass is 451 g/mol. The first-order valence-electron chi connectivity index (χ1n) is 10.5.